The van der Waals surface area contributed by atoms with Gasteiger partial charge in [-0.25, -0.2) is 0 Å². The van der Waals surface area contributed by atoms with Gasteiger partial charge in [-0.15, -0.1) is 0 Å². The monoisotopic (exact) mass is 375 g/mol. The van der Waals surface area contributed by atoms with Crippen molar-refractivity contribution in [2.24, 2.45) is 0 Å². The highest BCUT2D eigenvalue weighted by Crippen LogP contribution is 2.24. The summed E-state index contributed by atoms with van der Waals surface area (Å²) in [5.74, 6) is 0. The molecule has 4 heteroatoms. The number of halogens is 1. The first-order chi connectivity index (χ1) is 11.3. The molecule has 0 saturated carbocycles. The molecule has 4 rings (SSSR count). The summed E-state index contributed by atoms with van der Waals surface area (Å²) in [6.07, 6.45) is 9.24. The van der Waals surface area contributed by atoms with E-state index >= 15 is 0 Å². The second kappa shape index (κ2) is 6.96. The highest BCUT2D eigenvalue weighted by molar-refractivity contribution is 9.10. The van der Waals surface area contributed by atoms with Gasteiger partial charge < -0.3 is 4.57 Å². The van der Waals surface area contributed by atoms with E-state index in [0.717, 1.165) is 23.6 Å². The molecule has 1 atom stereocenters. The summed E-state index contributed by atoms with van der Waals surface area (Å²) in [6, 6.07) is 9.64. The number of aromatic nitrogens is 1. The van der Waals surface area contributed by atoms with E-state index < -0.39 is 0 Å². The van der Waals surface area contributed by atoms with E-state index in [0.29, 0.717) is 0 Å². The first-order valence-electron chi connectivity index (χ1n) is 9.00. The largest absolute Gasteiger partial charge is 0.346 e. The Morgan fingerprint density at radius 1 is 1.00 bits per heavy atom. The Morgan fingerprint density at radius 3 is 2.87 bits per heavy atom. The predicted molar refractivity (Wildman–Crippen MR) is 99.7 cm³/mol. The fourth-order valence-corrected chi connectivity index (χ4v) is 4.58. The minimum Gasteiger partial charge on any atom is -0.346 e. The van der Waals surface area contributed by atoms with Crippen molar-refractivity contribution in [1.82, 2.24) is 14.4 Å². The molecule has 1 unspecified atom stereocenters. The van der Waals surface area contributed by atoms with Gasteiger partial charge in [0.25, 0.3) is 0 Å². The molecule has 2 aromatic rings. The van der Waals surface area contributed by atoms with Crippen LogP contribution >= 0.6 is 15.9 Å². The lowest BCUT2D eigenvalue weighted by Gasteiger charge is -2.36. The van der Waals surface area contributed by atoms with Gasteiger partial charge in [0.05, 0.1) is 6.67 Å². The van der Waals surface area contributed by atoms with Crippen LogP contribution < -0.4 is 0 Å². The van der Waals surface area contributed by atoms with Crippen LogP contribution in [0.25, 0.3) is 10.9 Å². The minimum atomic E-state index is 0.858. The number of nitrogens with zero attached hydrogens (tertiary/aromatic N) is 3. The summed E-state index contributed by atoms with van der Waals surface area (Å²) >= 11 is 3.60. The highest BCUT2D eigenvalue weighted by atomic mass is 79.9. The first-order valence-corrected chi connectivity index (χ1v) is 9.80. The van der Waals surface area contributed by atoms with Crippen LogP contribution in [-0.2, 0) is 6.54 Å². The number of hydrogen-bond acceptors (Lipinski definition) is 2. The Morgan fingerprint density at radius 2 is 1.91 bits per heavy atom. The zero-order chi connectivity index (χ0) is 15.6. The number of fused-ring (bicyclic) bond motifs is 2. The molecule has 23 heavy (non-hydrogen) atoms. The molecule has 0 aliphatic carbocycles. The third-order valence-corrected chi connectivity index (χ3v) is 6.03. The molecule has 0 bridgehead atoms. The summed E-state index contributed by atoms with van der Waals surface area (Å²) in [4.78, 5) is 5.40. The zero-order valence-electron chi connectivity index (χ0n) is 13.8. The Labute approximate surface area is 147 Å². The van der Waals surface area contributed by atoms with Crippen LogP contribution in [0.1, 0.15) is 32.1 Å². The van der Waals surface area contributed by atoms with Gasteiger partial charge >= 0.3 is 0 Å². The van der Waals surface area contributed by atoms with Gasteiger partial charge in [0, 0.05) is 35.3 Å². The highest BCUT2D eigenvalue weighted by Gasteiger charge is 2.26. The fourth-order valence-electron chi connectivity index (χ4n) is 4.23. The smallest absolute Gasteiger partial charge is 0.0509 e. The fraction of sp³-hybridized carbons (Fsp3) is 0.579. The molecular formula is C19H26BrN3. The molecular weight excluding hydrogens is 350 g/mol. The zero-order valence-corrected chi connectivity index (χ0v) is 15.3. The van der Waals surface area contributed by atoms with Gasteiger partial charge in [-0.1, -0.05) is 28.4 Å². The molecule has 2 aliphatic rings. The van der Waals surface area contributed by atoms with Crippen LogP contribution in [0.2, 0.25) is 0 Å². The maximum atomic E-state index is 3.60. The second-order valence-corrected chi connectivity index (χ2v) is 7.99. The molecule has 3 heterocycles. The predicted octanol–water partition coefficient (Wildman–Crippen LogP) is 4.31. The summed E-state index contributed by atoms with van der Waals surface area (Å²) in [7, 11) is 0. The van der Waals surface area contributed by atoms with E-state index in [2.05, 4.69) is 60.8 Å². The molecule has 0 radical (unpaired) electrons. The van der Waals surface area contributed by atoms with Gasteiger partial charge in [0.2, 0.25) is 0 Å². The lowest BCUT2D eigenvalue weighted by atomic mass is 9.99. The van der Waals surface area contributed by atoms with Crippen molar-refractivity contribution >= 4 is 26.8 Å². The van der Waals surface area contributed by atoms with Crippen LogP contribution in [0.3, 0.4) is 0 Å². The number of hydrogen-bond donors (Lipinski definition) is 0. The SMILES string of the molecule is Brc1ccc2ccn(CCN3CCCC4CCCCN4C3)c2c1. The van der Waals surface area contributed by atoms with Gasteiger partial charge in [-0.05, 0) is 62.4 Å². The first kappa shape index (κ1) is 15.7. The van der Waals surface area contributed by atoms with Crippen molar-refractivity contribution in [3.05, 3.63) is 34.9 Å². The molecule has 1 aromatic carbocycles. The van der Waals surface area contributed by atoms with E-state index in [1.165, 1.54) is 62.8 Å². The molecule has 0 amide bonds. The summed E-state index contributed by atoms with van der Waals surface area (Å²) in [6.45, 7) is 5.97. The van der Waals surface area contributed by atoms with Crippen LogP contribution in [0.4, 0.5) is 0 Å². The Balaban J connectivity index is 1.42. The van der Waals surface area contributed by atoms with E-state index in [1.807, 2.05) is 0 Å². The lowest BCUT2D eigenvalue weighted by molar-refractivity contribution is 0.0872. The van der Waals surface area contributed by atoms with Crippen molar-refractivity contribution in [2.75, 3.05) is 26.3 Å². The maximum Gasteiger partial charge on any atom is 0.0509 e. The van der Waals surface area contributed by atoms with E-state index in [1.54, 1.807) is 0 Å². The summed E-state index contributed by atoms with van der Waals surface area (Å²) in [5.41, 5.74) is 1.34. The average Bonchev–Trinajstić information content (AvgIpc) is 2.83. The molecule has 1 aromatic heterocycles. The van der Waals surface area contributed by atoms with Gasteiger partial charge in [-0.3, -0.25) is 9.80 Å². The van der Waals surface area contributed by atoms with Crippen molar-refractivity contribution < 1.29 is 0 Å². The standard InChI is InChI=1S/C19H26BrN3/c20-17-7-6-16-8-11-22(19(16)14-17)13-12-21-9-3-5-18-4-1-2-10-23(18)15-21/h6-8,11,14,18H,1-5,9-10,12-13,15H2. The second-order valence-electron chi connectivity index (χ2n) is 7.08. The summed E-state index contributed by atoms with van der Waals surface area (Å²) in [5, 5.41) is 1.33. The van der Waals surface area contributed by atoms with E-state index in [4.69, 9.17) is 0 Å². The van der Waals surface area contributed by atoms with Crippen LogP contribution in [-0.4, -0.2) is 46.7 Å². The summed E-state index contributed by atoms with van der Waals surface area (Å²) < 4.78 is 3.56. The Bertz CT molecular complexity index is 666. The Hall–Kier alpha value is -0.840. The molecule has 3 nitrogen and oxygen atoms in total. The number of rotatable bonds is 3. The van der Waals surface area contributed by atoms with Crippen molar-refractivity contribution in [2.45, 2.75) is 44.7 Å². The normalized spacial score (nSPS) is 23.8. The third-order valence-electron chi connectivity index (χ3n) is 5.54. The molecule has 2 saturated heterocycles. The quantitative estimate of drug-likeness (QED) is 0.791. The van der Waals surface area contributed by atoms with Crippen molar-refractivity contribution in [1.29, 1.82) is 0 Å². The van der Waals surface area contributed by atoms with E-state index in [-0.39, 0.29) is 0 Å². The van der Waals surface area contributed by atoms with Crippen LogP contribution in [0, 0.1) is 0 Å². The Kier molecular flexibility index (Phi) is 4.74. The van der Waals surface area contributed by atoms with Gasteiger partial charge in [0.15, 0.2) is 0 Å². The van der Waals surface area contributed by atoms with Crippen LogP contribution in [0.5, 0.6) is 0 Å². The minimum absolute atomic E-state index is 0.858. The molecule has 2 fully saturated rings. The van der Waals surface area contributed by atoms with Crippen LogP contribution in [0.15, 0.2) is 34.9 Å². The average molecular weight is 376 g/mol. The maximum absolute atomic E-state index is 3.60. The molecule has 124 valence electrons. The van der Waals surface area contributed by atoms with Crippen molar-refractivity contribution in [3.63, 3.8) is 0 Å². The third kappa shape index (κ3) is 3.49. The molecule has 0 N–H and O–H groups in total. The molecule has 0 spiro atoms. The molecule has 2 aliphatic heterocycles. The number of benzene rings is 1. The topological polar surface area (TPSA) is 11.4 Å². The number of piperidine rings is 1. The van der Waals surface area contributed by atoms with Gasteiger partial charge in [0.1, 0.15) is 0 Å². The van der Waals surface area contributed by atoms with E-state index in [9.17, 15) is 0 Å². The van der Waals surface area contributed by atoms with Crippen molar-refractivity contribution in [3.8, 4) is 0 Å². The lowest BCUT2D eigenvalue weighted by Crippen LogP contribution is -2.44. The van der Waals surface area contributed by atoms with Gasteiger partial charge in [-0.2, -0.15) is 0 Å².